The van der Waals surface area contributed by atoms with Gasteiger partial charge in [-0.2, -0.15) is 0 Å². The van der Waals surface area contributed by atoms with Crippen LogP contribution in [0.5, 0.6) is 5.75 Å². The predicted molar refractivity (Wildman–Crippen MR) is 64.6 cm³/mol. The molecule has 0 saturated carbocycles. The smallest absolute Gasteiger partial charge is 0.241 e. The molecule has 5 heteroatoms. The molecule has 1 aromatic carbocycles. The van der Waals surface area contributed by atoms with Gasteiger partial charge in [0.1, 0.15) is 5.75 Å². The highest BCUT2D eigenvalue weighted by Gasteiger charge is 2.17. The number of phenols is 1. The van der Waals surface area contributed by atoms with E-state index in [0.717, 1.165) is 0 Å². The predicted octanol–water partition coefficient (Wildman–Crippen LogP) is 1.97. The normalized spacial score (nSPS) is 12.6. The van der Waals surface area contributed by atoms with Crippen LogP contribution in [0.2, 0.25) is 5.02 Å². The average molecular weight is 243 g/mol. The molecule has 1 atom stereocenters. The van der Waals surface area contributed by atoms with Crippen LogP contribution in [0.4, 0.5) is 5.69 Å². The van der Waals surface area contributed by atoms with Crippen molar-refractivity contribution in [1.29, 1.82) is 0 Å². The summed E-state index contributed by atoms with van der Waals surface area (Å²) in [6, 6.07) is 3.89. The van der Waals surface area contributed by atoms with Crippen LogP contribution in [-0.4, -0.2) is 17.1 Å². The van der Waals surface area contributed by atoms with E-state index in [1.165, 1.54) is 12.1 Å². The Balaban J connectivity index is 2.74. The summed E-state index contributed by atoms with van der Waals surface area (Å²) in [6.45, 7) is 3.74. The van der Waals surface area contributed by atoms with Gasteiger partial charge in [0.25, 0.3) is 0 Å². The van der Waals surface area contributed by atoms with Crippen LogP contribution in [0.15, 0.2) is 18.2 Å². The zero-order valence-corrected chi connectivity index (χ0v) is 9.95. The zero-order valence-electron chi connectivity index (χ0n) is 9.20. The van der Waals surface area contributed by atoms with Gasteiger partial charge in [0, 0.05) is 5.69 Å². The topological polar surface area (TPSA) is 75.4 Å². The second kappa shape index (κ2) is 5.18. The highest BCUT2D eigenvalue weighted by Crippen LogP contribution is 2.26. The van der Waals surface area contributed by atoms with Crippen LogP contribution >= 0.6 is 11.6 Å². The second-order valence-electron chi connectivity index (χ2n) is 3.93. The van der Waals surface area contributed by atoms with E-state index in [1.54, 1.807) is 6.07 Å². The number of nitrogens with two attached hydrogens (primary N) is 1. The van der Waals surface area contributed by atoms with E-state index in [-0.39, 0.29) is 22.6 Å². The molecule has 0 fully saturated rings. The highest BCUT2D eigenvalue weighted by molar-refractivity contribution is 6.32. The van der Waals surface area contributed by atoms with Crippen LogP contribution in [0, 0.1) is 5.92 Å². The minimum absolute atomic E-state index is 0.0205. The summed E-state index contributed by atoms with van der Waals surface area (Å²) in [7, 11) is 0. The van der Waals surface area contributed by atoms with Crippen LogP contribution in [0.1, 0.15) is 13.8 Å². The molecule has 1 aromatic rings. The third-order valence-corrected chi connectivity index (χ3v) is 2.54. The lowest BCUT2D eigenvalue weighted by atomic mass is 10.1. The summed E-state index contributed by atoms with van der Waals surface area (Å²) in [6.07, 6.45) is 0. The lowest BCUT2D eigenvalue weighted by molar-refractivity contribution is -0.118. The van der Waals surface area contributed by atoms with Gasteiger partial charge in [0.15, 0.2) is 0 Å². The summed E-state index contributed by atoms with van der Waals surface area (Å²) in [4.78, 5) is 11.6. The van der Waals surface area contributed by atoms with Gasteiger partial charge >= 0.3 is 0 Å². The molecule has 0 aromatic heterocycles. The number of rotatable bonds is 3. The number of nitrogens with one attached hydrogen (secondary N) is 1. The molecule has 0 spiro atoms. The number of halogens is 1. The molecule has 1 rings (SSSR count). The number of carbonyl (C=O) groups is 1. The fraction of sp³-hybridized carbons (Fsp3) is 0.364. The van der Waals surface area contributed by atoms with Crippen molar-refractivity contribution in [3.8, 4) is 5.75 Å². The number of phenolic OH excluding ortho intramolecular Hbond substituents is 1. The maximum atomic E-state index is 11.6. The Morgan fingerprint density at radius 3 is 2.62 bits per heavy atom. The molecule has 0 radical (unpaired) electrons. The van der Waals surface area contributed by atoms with Gasteiger partial charge in [0.2, 0.25) is 5.91 Å². The molecule has 0 aliphatic heterocycles. The number of benzene rings is 1. The molecular formula is C11H15ClN2O2. The molecule has 0 unspecified atom stereocenters. The third kappa shape index (κ3) is 3.12. The summed E-state index contributed by atoms with van der Waals surface area (Å²) in [5.41, 5.74) is 6.20. The van der Waals surface area contributed by atoms with Crippen LogP contribution in [0.25, 0.3) is 0 Å². The lowest BCUT2D eigenvalue weighted by Gasteiger charge is -2.15. The van der Waals surface area contributed by atoms with Crippen molar-refractivity contribution in [2.75, 3.05) is 5.32 Å². The monoisotopic (exact) mass is 242 g/mol. The summed E-state index contributed by atoms with van der Waals surface area (Å²) in [5.74, 6) is -0.225. The average Bonchev–Trinajstić information content (AvgIpc) is 2.22. The van der Waals surface area contributed by atoms with Gasteiger partial charge < -0.3 is 16.2 Å². The number of hydrogen-bond donors (Lipinski definition) is 3. The van der Waals surface area contributed by atoms with Gasteiger partial charge in [-0.1, -0.05) is 25.4 Å². The highest BCUT2D eigenvalue weighted by atomic mass is 35.5. The van der Waals surface area contributed by atoms with E-state index in [4.69, 9.17) is 17.3 Å². The van der Waals surface area contributed by atoms with Crippen LogP contribution < -0.4 is 11.1 Å². The summed E-state index contributed by atoms with van der Waals surface area (Å²) >= 11 is 5.71. The molecular weight excluding hydrogens is 228 g/mol. The van der Waals surface area contributed by atoms with Gasteiger partial charge in [-0.15, -0.1) is 0 Å². The largest absolute Gasteiger partial charge is 0.506 e. The quantitative estimate of drug-likeness (QED) is 0.710. The van der Waals surface area contributed by atoms with Crippen molar-refractivity contribution < 1.29 is 9.90 Å². The number of hydrogen-bond acceptors (Lipinski definition) is 3. The van der Waals surface area contributed by atoms with E-state index < -0.39 is 6.04 Å². The maximum absolute atomic E-state index is 11.6. The first-order valence-electron chi connectivity index (χ1n) is 4.96. The fourth-order valence-corrected chi connectivity index (χ4v) is 1.29. The van der Waals surface area contributed by atoms with E-state index in [1.807, 2.05) is 13.8 Å². The SMILES string of the molecule is CC(C)[C@@H](N)C(=O)Nc1ccc(O)c(Cl)c1. The second-order valence-corrected chi connectivity index (χ2v) is 4.33. The molecule has 16 heavy (non-hydrogen) atoms. The fourth-order valence-electron chi connectivity index (χ4n) is 1.11. The first kappa shape index (κ1) is 12.8. The molecule has 0 heterocycles. The minimum Gasteiger partial charge on any atom is -0.506 e. The van der Waals surface area contributed by atoms with Crippen molar-refractivity contribution in [3.05, 3.63) is 23.2 Å². The molecule has 88 valence electrons. The number of amides is 1. The van der Waals surface area contributed by atoms with E-state index >= 15 is 0 Å². The summed E-state index contributed by atoms with van der Waals surface area (Å²) < 4.78 is 0. The standard InChI is InChI=1S/C11H15ClN2O2/c1-6(2)10(13)11(16)14-7-3-4-9(15)8(12)5-7/h3-6,10,15H,13H2,1-2H3,(H,14,16)/t10-/m1/s1. The van der Waals surface area contributed by atoms with E-state index in [2.05, 4.69) is 5.32 Å². The van der Waals surface area contributed by atoms with E-state index in [0.29, 0.717) is 5.69 Å². The number of carbonyl (C=O) groups excluding carboxylic acids is 1. The van der Waals surface area contributed by atoms with Crippen LogP contribution in [0.3, 0.4) is 0 Å². The van der Waals surface area contributed by atoms with E-state index in [9.17, 15) is 9.90 Å². The maximum Gasteiger partial charge on any atom is 0.241 e. The Hall–Kier alpha value is -1.26. The van der Waals surface area contributed by atoms with Crippen molar-refractivity contribution in [3.63, 3.8) is 0 Å². The van der Waals surface area contributed by atoms with Gasteiger partial charge in [-0.25, -0.2) is 0 Å². The molecule has 4 nitrogen and oxygen atoms in total. The Bertz CT molecular complexity index is 394. The van der Waals surface area contributed by atoms with Gasteiger partial charge in [0.05, 0.1) is 11.1 Å². The number of aromatic hydroxyl groups is 1. The third-order valence-electron chi connectivity index (χ3n) is 2.24. The molecule has 0 aliphatic carbocycles. The molecule has 4 N–H and O–H groups in total. The Labute approximate surface area is 99.4 Å². The Kier molecular flexibility index (Phi) is 4.15. The first-order chi connectivity index (χ1) is 7.41. The Morgan fingerprint density at radius 2 is 2.12 bits per heavy atom. The van der Waals surface area contributed by atoms with Crippen molar-refractivity contribution >= 4 is 23.2 Å². The van der Waals surface area contributed by atoms with Gasteiger partial charge in [-0.05, 0) is 24.1 Å². The Morgan fingerprint density at radius 1 is 1.50 bits per heavy atom. The molecule has 0 aliphatic rings. The lowest BCUT2D eigenvalue weighted by Crippen LogP contribution is -2.39. The summed E-state index contributed by atoms with van der Waals surface area (Å²) in [5, 5.41) is 12.0. The van der Waals surface area contributed by atoms with Crippen molar-refractivity contribution in [2.24, 2.45) is 11.7 Å². The number of anilines is 1. The molecule has 0 saturated heterocycles. The zero-order chi connectivity index (χ0) is 12.3. The molecule has 0 bridgehead atoms. The first-order valence-corrected chi connectivity index (χ1v) is 5.34. The molecule has 1 amide bonds. The van der Waals surface area contributed by atoms with Crippen molar-refractivity contribution in [2.45, 2.75) is 19.9 Å². The van der Waals surface area contributed by atoms with Crippen LogP contribution in [-0.2, 0) is 4.79 Å². The van der Waals surface area contributed by atoms with Crippen molar-refractivity contribution in [1.82, 2.24) is 0 Å². The minimum atomic E-state index is -0.562. The van der Waals surface area contributed by atoms with Gasteiger partial charge in [-0.3, -0.25) is 4.79 Å².